The Balaban J connectivity index is 0.000000224. The fraction of sp³-hybridized carbons (Fsp3) is 0.125. The van der Waals surface area contributed by atoms with Gasteiger partial charge in [0.25, 0.3) is 0 Å². The zero-order valence-electron chi connectivity index (χ0n) is 11.8. The van der Waals surface area contributed by atoms with Crippen LogP contribution in [0.2, 0.25) is 0 Å². The summed E-state index contributed by atoms with van der Waals surface area (Å²) in [6.45, 7) is 1.58. The van der Waals surface area contributed by atoms with Crippen molar-refractivity contribution in [3.8, 4) is 5.75 Å². The van der Waals surface area contributed by atoms with Gasteiger partial charge in [-0.25, -0.2) is 9.59 Å². The van der Waals surface area contributed by atoms with E-state index >= 15 is 0 Å². The van der Waals surface area contributed by atoms with E-state index in [1.165, 1.54) is 24.3 Å². The number of hydrogen-bond acceptors (Lipinski definition) is 4. The van der Waals surface area contributed by atoms with Gasteiger partial charge >= 0.3 is 11.9 Å². The first-order valence-electron chi connectivity index (χ1n) is 6.37. The number of aliphatic hydroxyl groups is 1. The Hall–Kier alpha value is -2.86. The van der Waals surface area contributed by atoms with Crippen molar-refractivity contribution in [3.05, 3.63) is 65.7 Å². The van der Waals surface area contributed by atoms with Gasteiger partial charge in [-0.2, -0.15) is 0 Å². The highest BCUT2D eigenvalue weighted by atomic mass is 16.6. The van der Waals surface area contributed by atoms with Gasteiger partial charge < -0.3 is 20.1 Å². The molecule has 0 bridgehead atoms. The highest BCUT2D eigenvalue weighted by Crippen LogP contribution is 2.09. The molecule has 1 unspecified atom stereocenters. The lowest BCUT2D eigenvalue weighted by Crippen LogP contribution is -2.08. The van der Waals surface area contributed by atoms with Gasteiger partial charge in [-0.1, -0.05) is 30.3 Å². The Morgan fingerprint density at radius 3 is 1.64 bits per heavy atom. The third-order valence-corrected chi connectivity index (χ3v) is 2.44. The van der Waals surface area contributed by atoms with Gasteiger partial charge in [0.1, 0.15) is 5.75 Å². The topological polar surface area (TPSA) is 104 Å². The minimum absolute atomic E-state index is 0.190. The first kappa shape index (κ1) is 17.2. The van der Waals surface area contributed by atoms with Gasteiger partial charge in [0, 0.05) is 0 Å². The van der Waals surface area contributed by atoms with E-state index in [-0.39, 0.29) is 11.1 Å². The van der Waals surface area contributed by atoms with Crippen molar-refractivity contribution in [2.75, 3.05) is 0 Å². The number of aliphatic hydroxyl groups excluding tert-OH is 1. The average Bonchev–Trinajstić information content (AvgIpc) is 2.48. The highest BCUT2D eigenvalue weighted by Gasteiger charge is 2.13. The normalized spacial score (nSPS) is 10.8. The van der Waals surface area contributed by atoms with Crippen molar-refractivity contribution in [2.24, 2.45) is 0 Å². The van der Waals surface area contributed by atoms with Crippen LogP contribution >= 0.6 is 0 Å². The molecule has 116 valence electrons. The van der Waals surface area contributed by atoms with Crippen molar-refractivity contribution in [1.29, 1.82) is 0 Å². The maximum atomic E-state index is 10.5. The second kappa shape index (κ2) is 8.43. The lowest BCUT2D eigenvalue weighted by atomic mass is 10.1. The molecule has 0 saturated carbocycles. The molecule has 0 radical (unpaired) electrons. The predicted molar refractivity (Wildman–Crippen MR) is 79.1 cm³/mol. The van der Waals surface area contributed by atoms with Gasteiger partial charge in [-0.15, -0.1) is 0 Å². The number of carbonyl (C=O) groups is 2. The number of carboxylic acid groups (broad SMARTS) is 2. The van der Waals surface area contributed by atoms with Crippen LogP contribution < -0.4 is 4.74 Å². The number of hydrogen-bond donors (Lipinski definition) is 3. The summed E-state index contributed by atoms with van der Waals surface area (Å²) in [5.41, 5.74) is -0.380. The standard InChI is InChI=1S/C8H6O4.C8H10O2/c9-7(10)5-3-1-2-4-6(5)8(11)12;1-7(9)10-8-5-3-2-4-6-8/h1-4H,(H,9,10)(H,11,12);2-7,9H,1H3. The van der Waals surface area contributed by atoms with Crippen molar-refractivity contribution >= 4 is 11.9 Å². The molecule has 6 heteroatoms. The van der Waals surface area contributed by atoms with Crippen molar-refractivity contribution in [3.63, 3.8) is 0 Å². The highest BCUT2D eigenvalue weighted by molar-refractivity contribution is 6.01. The summed E-state index contributed by atoms with van der Waals surface area (Å²) in [6.07, 6.45) is -0.734. The molecule has 22 heavy (non-hydrogen) atoms. The number of rotatable bonds is 4. The summed E-state index contributed by atoms with van der Waals surface area (Å²) >= 11 is 0. The molecule has 2 aromatic rings. The van der Waals surface area contributed by atoms with E-state index in [0.717, 1.165) is 0 Å². The molecular formula is C16H16O6. The van der Waals surface area contributed by atoms with E-state index in [1.807, 2.05) is 18.2 Å². The van der Waals surface area contributed by atoms with Crippen LogP contribution in [0.15, 0.2) is 54.6 Å². The second-order valence-corrected chi connectivity index (χ2v) is 4.19. The smallest absolute Gasteiger partial charge is 0.336 e. The lowest BCUT2D eigenvalue weighted by Gasteiger charge is -2.06. The third kappa shape index (κ3) is 5.64. The molecule has 0 aliphatic carbocycles. The summed E-state index contributed by atoms with van der Waals surface area (Å²) in [7, 11) is 0. The van der Waals surface area contributed by atoms with E-state index in [4.69, 9.17) is 20.1 Å². The van der Waals surface area contributed by atoms with E-state index in [1.54, 1.807) is 19.1 Å². The maximum Gasteiger partial charge on any atom is 0.336 e. The van der Waals surface area contributed by atoms with Gasteiger partial charge in [0.2, 0.25) is 0 Å². The maximum absolute atomic E-state index is 10.5. The zero-order chi connectivity index (χ0) is 16.5. The monoisotopic (exact) mass is 304 g/mol. The van der Waals surface area contributed by atoms with Gasteiger partial charge in [0.15, 0.2) is 6.29 Å². The van der Waals surface area contributed by atoms with Crippen molar-refractivity contribution < 1.29 is 29.6 Å². The second-order valence-electron chi connectivity index (χ2n) is 4.19. The van der Waals surface area contributed by atoms with Gasteiger partial charge in [0.05, 0.1) is 11.1 Å². The number of carboxylic acids is 2. The number of aromatic carboxylic acids is 2. The molecule has 0 fully saturated rings. The molecule has 0 aromatic heterocycles. The van der Waals surface area contributed by atoms with Crippen LogP contribution in [0.25, 0.3) is 0 Å². The summed E-state index contributed by atoms with van der Waals surface area (Å²) in [5.74, 6) is -1.77. The van der Waals surface area contributed by atoms with Gasteiger partial charge in [-0.05, 0) is 31.2 Å². The fourth-order valence-electron chi connectivity index (χ4n) is 1.55. The van der Waals surface area contributed by atoms with Crippen LogP contribution in [-0.2, 0) is 0 Å². The first-order chi connectivity index (χ1) is 10.4. The van der Waals surface area contributed by atoms with Crippen LogP contribution in [0.3, 0.4) is 0 Å². The van der Waals surface area contributed by atoms with Crippen molar-refractivity contribution in [1.82, 2.24) is 0 Å². The Bertz CT molecular complexity index is 589. The zero-order valence-corrected chi connectivity index (χ0v) is 11.8. The molecule has 0 spiro atoms. The minimum Gasteiger partial charge on any atom is -0.478 e. The average molecular weight is 304 g/mol. The van der Waals surface area contributed by atoms with Crippen LogP contribution in [-0.4, -0.2) is 33.5 Å². The molecular weight excluding hydrogens is 288 g/mol. The molecule has 0 aliphatic heterocycles. The molecule has 2 rings (SSSR count). The third-order valence-electron chi connectivity index (χ3n) is 2.44. The quantitative estimate of drug-likeness (QED) is 0.750. The van der Waals surface area contributed by atoms with E-state index in [2.05, 4.69) is 0 Å². The molecule has 0 amide bonds. The van der Waals surface area contributed by atoms with Crippen LogP contribution in [0.1, 0.15) is 27.6 Å². The Morgan fingerprint density at radius 1 is 0.864 bits per heavy atom. The van der Waals surface area contributed by atoms with E-state index in [9.17, 15) is 9.59 Å². The Labute approximate surface area is 127 Å². The first-order valence-corrected chi connectivity index (χ1v) is 6.37. The van der Waals surface area contributed by atoms with Crippen LogP contribution in [0.4, 0.5) is 0 Å². The Morgan fingerprint density at radius 2 is 1.27 bits per heavy atom. The van der Waals surface area contributed by atoms with Gasteiger partial charge in [-0.3, -0.25) is 0 Å². The van der Waals surface area contributed by atoms with E-state index < -0.39 is 18.2 Å². The summed E-state index contributed by atoms with van der Waals surface area (Å²) < 4.78 is 4.97. The molecule has 1 atom stereocenters. The summed E-state index contributed by atoms with van der Waals surface area (Å²) in [4.78, 5) is 20.9. The molecule has 0 saturated heterocycles. The van der Waals surface area contributed by atoms with Crippen LogP contribution in [0.5, 0.6) is 5.75 Å². The van der Waals surface area contributed by atoms with Crippen LogP contribution in [0, 0.1) is 0 Å². The molecule has 2 aromatic carbocycles. The summed E-state index contributed by atoms with van der Waals surface area (Å²) in [6, 6.07) is 14.7. The number of para-hydroxylation sites is 1. The molecule has 0 aliphatic rings. The number of benzene rings is 2. The lowest BCUT2D eigenvalue weighted by molar-refractivity contribution is -0.000305. The van der Waals surface area contributed by atoms with E-state index in [0.29, 0.717) is 5.75 Å². The SMILES string of the molecule is CC(O)Oc1ccccc1.O=C(O)c1ccccc1C(=O)O. The minimum atomic E-state index is -1.23. The molecule has 6 nitrogen and oxygen atoms in total. The molecule has 0 heterocycles. The summed E-state index contributed by atoms with van der Waals surface area (Å²) in [5, 5.41) is 25.9. The fourth-order valence-corrected chi connectivity index (χ4v) is 1.55. The Kier molecular flexibility index (Phi) is 6.59. The molecule has 3 N–H and O–H groups in total. The number of ether oxygens (including phenoxy) is 1. The largest absolute Gasteiger partial charge is 0.478 e. The van der Waals surface area contributed by atoms with Crippen molar-refractivity contribution in [2.45, 2.75) is 13.2 Å². The predicted octanol–water partition coefficient (Wildman–Crippen LogP) is 2.49.